The number of rotatable bonds is 4. The van der Waals surface area contributed by atoms with Crippen molar-refractivity contribution in [2.45, 2.75) is 26.3 Å². The fourth-order valence-electron chi connectivity index (χ4n) is 1.92. The Kier molecular flexibility index (Phi) is 2.90. The van der Waals surface area contributed by atoms with Gasteiger partial charge in [-0.25, -0.2) is 5.53 Å². The highest BCUT2D eigenvalue weighted by Crippen LogP contribution is 2.38. The van der Waals surface area contributed by atoms with Crippen molar-refractivity contribution >= 4 is 16.6 Å². The second-order valence-corrected chi connectivity index (χ2v) is 3.81. The van der Waals surface area contributed by atoms with E-state index in [0.717, 1.165) is 30.3 Å². The molecule has 2 N–H and O–H groups in total. The fourth-order valence-corrected chi connectivity index (χ4v) is 1.92. The lowest BCUT2D eigenvalue weighted by molar-refractivity contribution is 0.418. The van der Waals surface area contributed by atoms with E-state index in [9.17, 15) is 5.11 Å². The first kappa shape index (κ1) is 10.7. The molecule has 2 rings (SSSR count). The van der Waals surface area contributed by atoms with Crippen molar-refractivity contribution in [3.05, 3.63) is 24.3 Å². The van der Waals surface area contributed by atoms with E-state index < -0.39 is 0 Å². The average molecular weight is 217 g/mol. The number of benzene rings is 1. The molecule has 0 fully saturated rings. The van der Waals surface area contributed by atoms with Gasteiger partial charge in [-0.1, -0.05) is 31.5 Å². The number of nitrogens with zero attached hydrogens (tertiary/aromatic N) is 2. The number of nitrogens with one attached hydrogen (secondary N) is 1. The predicted molar refractivity (Wildman–Crippen MR) is 63.3 cm³/mol. The molecule has 0 aliphatic rings. The van der Waals surface area contributed by atoms with Gasteiger partial charge in [-0.15, -0.1) is 0 Å². The van der Waals surface area contributed by atoms with Gasteiger partial charge in [0.25, 0.3) is 0 Å². The smallest absolute Gasteiger partial charge is 0.220 e. The summed E-state index contributed by atoms with van der Waals surface area (Å²) in [6, 6.07) is 7.64. The summed E-state index contributed by atoms with van der Waals surface area (Å²) in [5.74, 6) is 0.102. The molecule has 16 heavy (non-hydrogen) atoms. The van der Waals surface area contributed by atoms with Gasteiger partial charge in [0.05, 0.1) is 5.52 Å². The number of unbranched alkanes of at least 4 members (excludes halogenated alkanes) is 1. The molecule has 4 heteroatoms. The molecule has 0 saturated heterocycles. The zero-order valence-corrected chi connectivity index (χ0v) is 9.27. The zero-order valence-electron chi connectivity index (χ0n) is 9.27. The monoisotopic (exact) mass is 217 g/mol. The Bertz CT molecular complexity index is 516. The number of hydrogen-bond acceptors (Lipinski definition) is 3. The molecule has 84 valence electrons. The van der Waals surface area contributed by atoms with E-state index in [0.29, 0.717) is 5.69 Å². The summed E-state index contributed by atoms with van der Waals surface area (Å²) < 4.78 is 1.83. The van der Waals surface area contributed by atoms with Gasteiger partial charge >= 0.3 is 0 Å². The largest absolute Gasteiger partial charge is 0.493 e. The molecule has 0 aliphatic carbocycles. The Balaban J connectivity index is 2.62. The SMILES string of the molecule is CCCCn1c(O)c(N=N)c2ccccc21. The molecule has 0 amide bonds. The van der Waals surface area contributed by atoms with Crippen LogP contribution in [0.15, 0.2) is 29.4 Å². The van der Waals surface area contributed by atoms with Crippen LogP contribution in [-0.2, 0) is 6.54 Å². The van der Waals surface area contributed by atoms with Crippen molar-refractivity contribution in [2.24, 2.45) is 5.11 Å². The van der Waals surface area contributed by atoms with Crippen LogP contribution in [0.2, 0.25) is 0 Å². The van der Waals surface area contributed by atoms with Gasteiger partial charge in [-0.2, -0.15) is 5.11 Å². The standard InChI is InChI=1S/C12H15N3O/c1-2-3-8-15-10-7-5-4-6-9(10)11(14-13)12(15)16/h4-7,13,16H,2-3,8H2,1H3. The molecule has 0 atom stereocenters. The molecular formula is C12H15N3O. The Labute approximate surface area is 94.0 Å². The second-order valence-electron chi connectivity index (χ2n) is 3.81. The highest BCUT2D eigenvalue weighted by atomic mass is 16.3. The van der Waals surface area contributed by atoms with Gasteiger partial charge in [0.1, 0.15) is 0 Å². The zero-order chi connectivity index (χ0) is 11.5. The van der Waals surface area contributed by atoms with E-state index in [-0.39, 0.29) is 5.88 Å². The third-order valence-corrected chi connectivity index (χ3v) is 2.76. The van der Waals surface area contributed by atoms with Crippen LogP contribution in [-0.4, -0.2) is 9.67 Å². The van der Waals surface area contributed by atoms with Crippen LogP contribution in [0.3, 0.4) is 0 Å². The van der Waals surface area contributed by atoms with E-state index in [2.05, 4.69) is 12.0 Å². The molecule has 0 aliphatic heterocycles. The van der Waals surface area contributed by atoms with Crippen LogP contribution in [0.1, 0.15) is 19.8 Å². The predicted octanol–water partition coefficient (Wildman–Crippen LogP) is 3.81. The van der Waals surface area contributed by atoms with Crippen molar-refractivity contribution in [3.8, 4) is 5.88 Å². The molecule has 0 radical (unpaired) electrons. The molecule has 1 aromatic carbocycles. The first-order valence-electron chi connectivity index (χ1n) is 5.47. The normalized spacial score (nSPS) is 10.8. The van der Waals surface area contributed by atoms with Crippen LogP contribution in [0.5, 0.6) is 5.88 Å². The summed E-state index contributed by atoms with van der Waals surface area (Å²) in [5, 5.41) is 14.2. The van der Waals surface area contributed by atoms with Crippen LogP contribution in [0.4, 0.5) is 5.69 Å². The summed E-state index contributed by atoms with van der Waals surface area (Å²) in [5.41, 5.74) is 8.42. The molecule has 2 aromatic rings. The lowest BCUT2D eigenvalue weighted by Gasteiger charge is -2.04. The summed E-state index contributed by atoms with van der Waals surface area (Å²) in [7, 11) is 0. The quantitative estimate of drug-likeness (QED) is 0.751. The molecule has 4 nitrogen and oxygen atoms in total. The van der Waals surface area contributed by atoms with Crippen LogP contribution in [0.25, 0.3) is 10.9 Å². The van der Waals surface area contributed by atoms with Crippen molar-refractivity contribution in [1.82, 2.24) is 4.57 Å². The Morgan fingerprint density at radius 2 is 2.12 bits per heavy atom. The number of para-hydroxylation sites is 1. The molecule has 0 saturated carbocycles. The van der Waals surface area contributed by atoms with Gasteiger partial charge in [-0.05, 0) is 12.5 Å². The van der Waals surface area contributed by atoms with E-state index in [1.54, 1.807) is 0 Å². The second kappa shape index (κ2) is 4.35. The molecule has 0 spiro atoms. The topological polar surface area (TPSA) is 61.4 Å². The molecule has 1 aromatic heterocycles. The summed E-state index contributed by atoms with van der Waals surface area (Å²) >= 11 is 0. The average Bonchev–Trinajstić information content (AvgIpc) is 2.58. The maximum atomic E-state index is 9.99. The van der Waals surface area contributed by atoms with Gasteiger partial charge in [-0.3, -0.25) is 0 Å². The van der Waals surface area contributed by atoms with Crippen LogP contribution >= 0.6 is 0 Å². The van der Waals surface area contributed by atoms with Crippen molar-refractivity contribution in [3.63, 3.8) is 0 Å². The van der Waals surface area contributed by atoms with E-state index in [1.807, 2.05) is 28.8 Å². The highest BCUT2D eigenvalue weighted by Gasteiger charge is 2.14. The van der Waals surface area contributed by atoms with Gasteiger partial charge in [0, 0.05) is 11.9 Å². The molecule has 0 unspecified atom stereocenters. The number of aryl methyl sites for hydroxylation is 1. The van der Waals surface area contributed by atoms with Crippen molar-refractivity contribution < 1.29 is 5.11 Å². The number of fused-ring (bicyclic) bond motifs is 1. The first-order chi connectivity index (χ1) is 7.79. The lowest BCUT2D eigenvalue weighted by atomic mass is 10.2. The molecule has 1 heterocycles. The van der Waals surface area contributed by atoms with E-state index in [1.165, 1.54) is 0 Å². The minimum Gasteiger partial charge on any atom is -0.493 e. The third kappa shape index (κ3) is 1.56. The summed E-state index contributed by atoms with van der Waals surface area (Å²) in [4.78, 5) is 0. The van der Waals surface area contributed by atoms with Gasteiger partial charge in [0.15, 0.2) is 5.69 Å². The first-order valence-corrected chi connectivity index (χ1v) is 5.47. The third-order valence-electron chi connectivity index (χ3n) is 2.76. The van der Waals surface area contributed by atoms with Crippen molar-refractivity contribution in [1.29, 1.82) is 5.53 Å². The minimum absolute atomic E-state index is 0.102. The van der Waals surface area contributed by atoms with Gasteiger partial charge in [0.2, 0.25) is 5.88 Å². The minimum atomic E-state index is 0.102. The Hall–Kier alpha value is -1.84. The van der Waals surface area contributed by atoms with Gasteiger partial charge < -0.3 is 9.67 Å². The summed E-state index contributed by atoms with van der Waals surface area (Å²) in [6.07, 6.45) is 2.07. The van der Waals surface area contributed by atoms with Crippen LogP contribution < -0.4 is 0 Å². The van der Waals surface area contributed by atoms with E-state index in [4.69, 9.17) is 5.53 Å². The highest BCUT2D eigenvalue weighted by molar-refractivity contribution is 5.94. The van der Waals surface area contributed by atoms with E-state index >= 15 is 0 Å². The van der Waals surface area contributed by atoms with Crippen LogP contribution in [0, 0.1) is 5.53 Å². The maximum Gasteiger partial charge on any atom is 0.220 e. The number of hydrogen-bond donors (Lipinski definition) is 2. The Morgan fingerprint density at radius 1 is 1.38 bits per heavy atom. The molecule has 0 bridgehead atoms. The fraction of sp³-hybridized carbons (Fsp3) is 0.333. The summed E-state index contributed by atoms with van der Waals surface area (Å²) in [6.45, 7) is 2.87. The van der Waals surface area contributed by atoms with Crippen molar-refractivity contribution in [2.75, 3.05) is 0 Å². The number of aromatic hydroxyl groups is 1. The molecular weight excluding hydrogens is 202 g/mol. The maximum absolute atomic E-state index is 9.99. The Morgan fingerprint density at radius 3 is 2.81 bits per heavy atom. The lowest BCUT2D eigenvalue weighted by Crippen LogP contribution is -1.96. The number of aromatic nitrogens is 1.